The van der Waals surface area contributed by atoms with E-state index in [0.29, 0.717) is 20.9 Å². The third-order valence-electron chi connectivity index (χ3n) is 3.03. The number of nitrogens with one attached hydrogen (secondary N) is 1. The number of nitrogens with zero attached hydrogens (tertiary/aromatic N) is 1. The van der Waals surface area contributed by atoms with E-state index in [2.05, 4.69) is 21.2 Å². The zero-order valence-electron chi connectivity index (χ0n) is 12.4. The molecule has 2 aromatic carbocycles. The van der Waals surface area contributed by atoms with Crippen molar-refractivity contribution in [3.8, 4) is 11.8 Å². The van der Waals surface area contributed by atoms with Crippen LogP contribution in [0.2, 0.25) is 5.02 Å². The third kappa shape index (κ3) is 4.34. The summed E-state index contributed by atoms with van der Waals surface area (Å²) in [6.45, 7) is 0. The van der Waals surface area contributed by atoms with Gasteiger partial charge in [-0.3, -0.25) is 4.79 Å². The Morgan fingerprint density at radius 3 is 2.75 bits per heavy atom. The molecule has 122 valence electrons. The van der Waals surface area contributed by atoms with Gasteiger partial charge in [0.2, 0.25) is 0 Å². The molecule has 0 bridgehead atoms. The standard InChI is InChI=1S/C17H11BrClFN2O2/c1-24-16-5-3-13(8-14(16)19)22-17(23)11(9-21)6-10-7-12(18)2-4-15(10)20/h2-8H,1H3,(H,22,23)/b11-6+. The first-order valence-electron chi connectivity index (χ1n) is 6.66. The number of benzene rings is 2. The van der Waals surface area contributed by atoms with Crippen molar-refractivity contribution < 1.29 is 13.9 Å². The summed E-state index contributed by atoms with van der Waals surface area (Å²) in [5, 5.41) is 12.0. The fourth-order valence-electron chi connectivity index (χ4n) is 1.87. The van der Waals surface area contributed by atoms with Gasteiger partial charge in [0.05, 0.1) is 12.1 Å². The number of amides is 1. The molecule has 0 atom stereocenters. The highest BCUT2D eigenvalue weighted by Gasteiger charge is 2.12. The van der Waals surface area contributed by atoms with Crippen molar-refractivity contribution in [2.24, 2.45) is 0 Å². The van der Waals surface area contributed by atoms with Gasteiger partial charge in [-0.05, 0) is 42.5 Å². The van der Waals surface area contributed by atoms with Crippen LogP contribution in [-0.2, 0) is 4.79 Å². The number of carbonyl (C=O) groups excluding carboxylic acids is 1. The number of ether oxygens (including phenoxy) is 1. The maximum Gasteiger partial charge on any atom is 0.266 e. The SMILES string of the molecule is COc1ccc(NC(=O)/C(C#N)=C/c2cc(Br)ccc2F)cc1Cl. The van der Waals surface area contributed by atoms with Gasteiger partial charge in [-0.2, -0.15) is 5.26 Å². The van der Waals surface area contributed by atoms with Gasteiger partial charge in [0.15, 0.2) is 0 Å². The smallest absolute Gasteiger partial charge is 0.266 e. The first kappa shape index (κ1) is 18.0. The molecule has 1 amide bonds. The molecule has 24 heavy (non-hydrogen) atoms. The summed E-state index contributed by atoms with van der Waals surface area (Å²) >= 11 is 9.20. The molecule has 2 aromatic rings. The van der Waals surface area contributed by atoms with Crippen LogP contribution < -0.4 is 10.1 Å². The molecule has 0 heterocycles. The summed E-state index contributed by atoms with van der Waals surface area (Å²) in [6, 6.07) is 10.7. The fourth-order valence-corrected chi connectivity index (χ4v) is 2.51. The number of hydrogen-bond donors (Lipinski definition) is 1. The van der Waals surface area contributed by atoms with Gasteiger partial charge in [0, 0.05) is 15.7 Å². The molecular formula is C17H11BrClFN2O2. The van der Waals surface area contributed by atoms with Crippen molar-refractivity contribution >= 4 is 45.2 Å². The second-order valence-corrected chi connectivity index (χ2v) is 5.96. The first-order valence-corrected chi connectivity index (χ1v) is 7.83. The number of halogens is 3. The Morgan fingerprint density at radius 1 is 1.38 bits per heavy atom. The maximum absolute atomic E-state index is 13.8. The van der Waals surface area contributed by atoms with Gasteiger partial charge >= 0.3 is 0 Å². The molecule has 0 spiro atoms. The second-order valence-electron chi connectivity index (χ2n) is 4.64. The minimum atomic E-state index is -0.668. The van der Waals surface area contributed by atoms with Crippen molar-refractivity contribution in [3.63, 3.8) is 0 Å². The summed E-state index contributed by atoms with van der Waals surface area (Å²) in [5.41, 5.74) is 0.282. The minimum absolute atomic E-state index is 0.129. The zero-order valence-corrected chi connectivity index (χ0v) is 14.8. The first-order chi connectivity index (χ1) is 11.4. The van der Waals surface area contributed by atoms with Crippen LogP contribution in [0.4, 0.5) is 10.1 Å². The summed E-state index contributed by atoms with van der Waals surface area (Å²) in [7, 11) is 1.47. The van der Waals surface area contributed by atoms with Gasteiger partial charge in [0.25, 0.3) is 5.91 Å². The second kappa shape index (κ2) is 7.95. The molecule has 1 N–H and O–H groups in total. The molecule has 0 radical (unpaired) electrons. The number of methoxy groups -OCH3 is 1. The van der Waals surface area contributed by atoms with Crippen molar-refractivity contribution in [1.82, 2.24) is 0 Å². The predicted octanol–water partition coefficient (Wildman–Crippen LogP) is 4.80. The number of anilines is 1. The lowest BCUT2D eigenvalue weighted by Gasteiger charge is -2.07. The van der Waals surface area contributed by atoms with E-state index in [1.807, 2.05) is 0 Å². The minimum Gasteiger partial charge on any atom is -0.495 e. The van der Waals surface area contributed by atoms with Crippen LogP contribution >= 0.6 is 27.5 Å². The lowest BCUT2D eigenvalue weighted by molar-refractivity contribution is -0.112. The van der Waals surface area contributed by atoms with E-state index in [-0.39, 0.29) is 11.1 Å². The summed E-state index contributed by atoms with van der Waals surface area (Å²) < 4.78 is 19.4. The Bertz CT molecular complexity index is 862. The van der Waals surface area contributed by atoms with E-state index in [1.165, 1.54) is 37.5 Å². The highest BCUT2D eigenvalue weighted by Crippen LogP contribution is 2.27. The summed E-state index contributed by atoms with van der Waals surface area (Å²) in [4.78, 5) is 12.2. The molecule has 4 nitrogen and oxygen atoms in total. The molecule has 7 heteroatoms. The average Bonchev–Trinajstić information content (AvgIpc) is 2.55. The van der Waals surface area contributed by atoms with Crippen molar-refractivity contribution in [3.05, 3.63) is 62.8 Å². The lowest BCUT2D eigenvalue weighted by atomic mass is 10.1. The molecule has 0 aliphatic rings. The van der Waals surface area contributed by atoms with Gasteiger partial charge in [-0.1, -0.05) is 27.5 Å². The van der Waals surface area contributed by atoms with Crippen LogP contribution in [-0.4, -0.2) is 13.0 Å². The molecular weight excluding hydrogens is 399 g/mol. The van der Waals surface area contributed by atoms with Crippen LogP contribution in [0.15, 0.2) is 46.4 Å². The maximum atomic E-state index is 13.8. The Morgan fingerprint density at radius 2 is 2.12 bits per heavy atom. The largest absolute Gasteiger partial charge is 0.495 e. The van der Waals surface area contributed by atoms with Crippen LogP contribution in [0.5, 0.6) is 5.75 Å². The van der Waals surface area contributed by atoms with Gasteiger partial charge in [-0.15, -0.1) is 0 Å². The van der Waals surface area contributed by atoms with Crippen LogP contribution in [0.25, 0.3) is 6.08 Å². The lowest BCUT2D eigenvalue weighted by Crippen LogP contribution is -2.13. The summed E-state index contributed by atoms with van der Waals surface area (Å²) in [5.74, 6) is -0.744. The number of rotatable bonds is 4. The highest BCUT2D eigenvalue weighted by molar-refractivity contribution is 9.10. The van der Waals surface area contributed by atoms with E-state index < -0.39 is 11.7 Å². The molecule has 0 aliphatic heterocycles. The van der Waals surface area contributed by atoms with Crippen LogP contribution in [0.1, 0.15) is 5.56 Å². The number of nitriles is 1. The zero-order chi connectivity index (χ0) is 17.7. The average molecular weight is 410 g/mol. The molecule has 0 fully saturated rings. The monoisotopic (exact) mass is 408 g/mol. The normalized spacial score (nSPS) is 10.9. The van der Waals surface area contributed by atoms with Crippen molar-refractivity contribution in [1.29, 1.82) is 5.26 Å². The summed E-state index contributed by atoms with van der Waals surface area (Å²) in [6.07, 6.45) is 1.18. The van der Waals surface area contributed by atoms with Gasteiger partial charge in [-0.25, -0.2) is 4.39 Å². The number of carbonyl (C=O) groups is 1. The van der Waals surface area contributed by atoms with E-state index >= 15 is 0 Å². The Balaban J connectivity index is 2.26. The van der Waals surface area contributed by atoms with Crippen molar-refractivity contribution in [2.45, 2.75) is 0 Å². The van der Waals surface area contributed by atoms with Gasteiger partial charge in [0.1, 0.15) is 23.2 Å². The molecule has 0 saturated heterocycles. The molecule has 0 aliphatic carbocycles. The van der Waals surface area contributed by atoms with E-state index in [0.717, 1.165) is 0 Å². The Labute approximate surface area is 151 Å². The van der Waals surface area contributed by atoms with E-state index in [9.17, 15) is 14.4 Å². The molecule has 0 aromatic heterocycles. The Kier molecular flexibility index (Phi) is 5.96. The Hall–Kier alpha value is -2.36. The quantitative estimate of drug-likeness (QED) is 0.583. The topological polar surface area (TPSA) is 62.1 Å². The molecule has 0 saturated carbocycles. The van der Waals surface area contributed by atoms with E-state index in [1.54, 1.807) is 18.2 Å². The third-order valence-corrected chi connectivity index (χ3v) is 3.82. The molecule has 2 rings (SSSR count). The molecule has 0 unspecified atom stereocenters. The van der Waals surface area contributed by atoms with Crippen molar-refractivity contribution in [2.75, 3.05) is 12.4 Å². The highest BCUT2D eigenvalue weighted by atomic mass is 79.9. The van der Waals surface area contributed by atoms with Crippen LogP contribution in [0, 0.1) is 17.1 Å². The van der Waals surface area contributed by atoms with E-state index in [4.69, 9.17) is 16.3 Å². The van der Waals surface area contributed by atoms with Gasteiger partial charge < -0.3 is 10.1 Å². The fraction of sp³-hybridized carbons (Fsp3) is 0.0588. The number of hydrogen-bond acceptors (Lipinski definition) is 3. The van der Waals surface area contributed by atoms with Crippen LogP contribution in [0.3, 0.4) is 0 Å². The predicted molar refractivity (Wildman–Crippen MR) is 94.3 cm³/mol.